The van der Waals surface area contributed by atoms with Gasteiger partial charge >= 0.3 is 0 Å². The molecule has 20 heavy (non-hydrogen) atoms. The molecule has 1 aromatic heterocycles. The maximum absolute atomic E-state index is 12.1. The molecule has 0 spiro atoms. The monoisotopic (exact) mass is 359 g/mol. The van der Waals surface area contributed by atoms with E-state index in [0.717, 1.165) is 5.69 Å². The number of oxazole rings is 1. The summed E-state index contributed by atoms with van der Waals surface area (Å²) in [5.74, 6) is 1.01. The van der Waals surface area contributed by atoms with E-state index in [-0.39, 0.29) is 11.4 Å². The molecule has 0 aliphatic rings. The van der Waals surface area contributed by atoms with Crippen molar-refractivity contribution < 1.29 is 12.8 Å². The Balaban J connectivity index is 2.16. The van der Waals surface area contributed by atoms with E-state index >= 15 is 0 Å². The van der Waals surface area contributed by atoms with Crippen LogP contribution in [-0.4, -0.2) is 13.4 Å². The minimum Gasteiger partial charge on any atom is -0.444 e. The molecule has 0 unspecified atom stereocenters. The highest BCUT2D eigenvalue weighted by molar-refractivity contribution is 9.10. The van der Waals surface area contributed by atoms with Crippen molar-refractivity contribution in [3.8, 4) is 0 Å². The summed E-state index contributed by atoms with van der Waals surface area (Å²) >= 11 is 3.20. The van der Waals surface area contributed by atoms with Gasteiger partial charge in [-0.2, -0.15) is 0 Å². The first-order chi connectivity index (χ1) is 9.29. The van der Waals surface area contributed by atoms with Gasteiger partial charge in [0.1, 0.15) is 5.76 Å². The number of nitrogens with two attached hydrogens (primary N) is 1. The molecule has 0 saturated heterocycles. The van der Waals surface area contributed by atoms with Gasteiger partial charge in [0.05, 0.1) is 17.1 Å². The molecule has 2 rings (SSSR count). The Morgan fingerprint density at radius 2 is 2.10 bits per heavy atom. The fraction of sp³-hybridized carbons (Fsp3) is 0.250. The van der Waals surface area contributed by atoms with E-state index in [2.05, 4.69) is 25.6 Å². The Morgan fingerprint density at radius 3 is 2.65 bits per heavy atom. The molecule has 0 aliphatic carbocycles. The predicted molar refractivity (Wildman–Crippen MR) is 78.6 cm³/mol. The number of hydrogen-bond acceptors (Lipinski definition) is 5. The number of aromatic nitrogens is 1. The van der Waals surface area contributed by atoms with E-state index in [4.69, 9.17) is 10.2 Å². The SMILES string of the molecule is Cc1nc(CNS(=O)(=O)c2ccc(N)c(Br)c2)oc1C. The summed E-state index contributed by atoms with van der Waals surface area (Å²) in [6.07, 6.45) is 0. The maximum atomic E-state index is 12.1. The fourth-order valence-corrected chi connectivity index (χ4v) is 3.06. The lowest BCUT2D eigenvalue weighted by Crippen LogP contribution is -2.23. The standard InChI is InChI=1S/C12H14BrN3O3S/c1-7-8(2)19-12(16-7)6-15-20(17,18)9-3-4-11(14)10(13)5-9/h3-5,15H,6,14H2,1-2H3. The number of anilines is 1. The second-order valence-corrected chi connectivity index (χ2v) is 6.88. The van der Waals surface area contributed by atoms with Gasteiger partial charge in [0.25, 0.3) is 0 Å². The van der Waals surface area contributed by atoms with Crippen molar-refractivity contribution in [3.05, 3.63) is 40.0 Å². The molecule has 108 valence electrons. The Kier molecular flexibility index (Phi) is 4.17. The van der Waals surface area contributed by atoms with E-state index in [1.54, 1.807) is 13.8 Å². The minimum atomic E-state index is -3.64. The Bertz CT molecular complexity index is 721. The van der Waals surface area contributed by atoms with Gasteiger partial charge in [-0.15, -0.1) is 0 Å². The van der Waals surface area contributed by atoms with Gasteiger partial charge in [-0.3, -0.25) is 0 Å². The number of rotatable bonds is 4. The molecule has 0 fully saturated rings. The predicted octanol–water partition coefficient (Wildman–Crippen LogP) is 2.11. The molecule has 1 heterocycles. The fourth-order valence-electron chi connectivity index (χ4n) is 1.53. The van der Waals surface area contributed by atoms with Crippen LogP contribution >= 0.6 is 15.9 Å². The summed E-state index contributed by atoms with van der Waals surface area (Å²) in [7, 11) is -3.64. The van der Waals surface area contributed by atoms with E-state index in [0.29, 0.717) is 21.8 Å². The van der Waals surface area contributed by atoms with Crippen LogP contribution in [0.3, 0.4) is 0 Å². The zero-order valence-electron chi connectivity index (χ0n) is 11.0. The van der Waals surface area contributed by atoms with Crippen LogP contribution in [0.15, 0.2) is 32.0 Å². The number of sulfonamides is 1. The topological polar surface area (TPSA) is 98.2 Å². The molecule has 0 saturated carbocycles. The zero-order chi connectivity index (χ0) is 14.9. The molecule has 0 aliphatic heterocycles. The summed E-state index contributed by atoms with van der Waals surface area (Å²) in [6, 6.07) is 4.41. The van der Waals surface area contributed by atoms with Gasteiger partial charge in [-0.1, -0.05) is 0 Å². The van der Waals surface area contributed by atoms with E-state index in [1.807, 2.05) is 0 Å². The van der Waals surface area contributed by atoms with Crippen LogP contribution in [0.2, 0.25) is 0 Å². The molecular formula is C12H14BrN3O3S. The minimum absolute atomic E-state index is 0.000983. The molecule has 0 amide bonds. The Morgan fingerprint density at radius 1 is 1.40 bits per heavy atom. The number of hydrogen-bond donors (Lipinski definition) is 2. The second-order valence-electron chi connectivity index (χ2n) is 4.26. The molecule has 3 N–H and O–H groups in total. The molecule has 0 bridgehead atoms. The van der Waals surface area contributed by atoms with Gasteiger partial charge < -0.3 is 10.2 Å². The van der Waals surface area contributed by atoms with Crippen LogP contribution in [-0.2, 0) is 16.6 Å². The average Bonchev–Trinajstić information content (AvgIpc) is 2.70. The summed E-state index contributed by atoms with van der Waals surface area (Å²) < 4.78 is 32.5. The van der Waals surface area contributed by atoms with Crippen molar-refractivity contribution in [1.82, 2.24) is 9.71 Å². The summed E-state index contributed by atoms with van der Waals surface area (Å²) in [5, 5.41) is 0. The highest BCUT2D eigenvalue weighted by Gasteiger charge is 2.16. The summed E-state index contributed by atoms with van der Waals surface area (Å²) in [4.78, 5) is 4.24. The van der Waals surface area contributed by atoms with Crippen molar-refractivity contribution in [1.29, 1.82) is 0 Å². The van der Waals surface area contributed by atoms with Crippen LogP contribution in [0.1, 0.15) is 17.3 Å². The Labute approximate surface area is 125 Å². The van der Waals surface area contributed by atoms with Crippen LogP contribution in [0.25, 0.3) is 0 Å². The van der Waals surface area contributed by atoms with E-state index in [1.165, 1.54) is 18.2 Å². The smallest absolute Gasteiger partial charge is 0.241 e. The number of nitrogens with zero attached hydrogens (tertiary/aromatic N) is 1. The molecule has 2 aromatic rings. The van der Waals surface area contributed by atoms with Crippen LogP contribution < -0.4 is 10.5 Å². The second kappa shape index (κ2) is 5.55. The maximum Gasteiger partial charge on any atom is 0.241 e. The summed E-state index contributed by atoms with van der Waals surface area (Å²) in [6.45, 7) is 3.57. The largest absolute Gasteiger partial charge is 0.444 e. The van der Waals surface area contributed by atoms with E-state index in [9.17, 15) is 8.42 Å². The number of nitrogen functional groups attached to an aromatic ring is 1. The first-order valence-corrected chi connectivity index (χ1v) is 8.05. The molecular weight excluding hydrogens is 346 g/mol. The van der Waals surface area contributed by atoms with Gasteiger partial charge in [-0.05, 0) is 48.0 Å². The van der Waals surface area contributed by atoms with Crippen LogP contribution in [0, 0.1) is 13.8 Å². The van der Waals surface area contributed by atoms with Gasteiger partial charge in [0.15, 0.2) is 0 Å². The number of aryl methyl sites for hydroxylation is 2. The first-order valence-electron chi connectivity index (χ1n) is 5.77. The lowest BCUT2D eigenvalue weighted by Gasteiger charge is -2.06. The van der Waals surface area contributed by atoms with Crippen LogP contribution in [0.5, 0.6) is 0 Å². The van der Waals surface area contributed by atoms with Gasteiger partial charge in [0, 0.05) is 10.2 Å². The third-order valence-corrected chi connectivity index (χ3v) is 4.85. The average molecular weight is 360 g/mol. The highest BCUT2D eigenvalue weighted by atomic mass is 79.9. The summed E-state index contributed by atoms with van der Waals surface area (Å²) in [5.41, 5.74) is 6.85. The van der Waals surface area contributed by atoms with E-state index < -0.39 is 10.0 Å². The lowest BCUT2D eigenvalue weighted by molar-refractivity contribution is 0.463. The highest BCUT2D eigenvalue weighted by Crippen LogP contribution is 2.23. The van der Waals surface area contributed by atoms with Gasteiger partial charge in [-0.25, -0.2) is 18.1 Å². The van der Waals surface area contributed by atoms with Crippen molar-refractivity contribution in [2.75, 3.05) is 5.73 Å². The van der Waals surface area contributed by atoms with Gasteiger partial charge in [0.2, 0.25) is 15.9 Å². The lowest BCUT2D eigenvalue weighted by atomic mass is 10.3. The van der Waals surface area contributed by atoms with Crippen molar-refractivity contribution in [2.24, 2.45) is 0 Å². The Hall–Kier alpha value is -1.38. The third-order valence-electron chi connectivity index (χ3n) is 2.77. The molecule has 1 aromatic carbocycles. The molecule has 0 atom stereocenters. The third kappa shape index (κ3) is 3.20. The van der Waals surface area contributed by atoms with Crippen LogP contribution in [0.4, 0.5) is 5.69 Å². The molecule has 6 nitrogen and oxygen atoms in total. The zero-order valence-corrected chi connectivity index (χ0v) is 13.4. The van der Waals surface area contributed by atoms with Crippen molar-refractivity contribution >= 4 is 31.6 Å². The molecule has 8 heteroatoms. The quantitative estimate of drug-likeness (QED) is 0.814. The number of benzene rings is 1. The normalized spacial score (nSPS) is 11.8. The molecule has 0 radical (unpaired) electrons. The number of halogens is 1. The van der Waals surface area contributed by atoms with Crippen molar-refractivity contribution in [2.45, 2.75) is 25.3 Å². The van der Waals surface area contributed by atoms with Crippen molar-refractivity contribution in [3.63, 3.8) is 0 Å². The first kappa shape index (κ1) is 15.0. The number of nitrogens with one attached hydrogen (secondary N) is 1.